The summed E-state index contributed by atoms with van der Waals surface area (Å²) in [6.07, 6.45) is -9.23. The predicted molar refractivity (Wildman–Crippen MR) is 214 cm³/mol. The van der Waals surface area contributed by atoms with Gasteiger partial charge in [-0.2, -0.15) is 4.31 Å². The van der Waals surface area contributed by atoms with Crippen molar-refractivity contribution in [2.75, 3.05) is 37.8 Å². The average molecular weight is 974 g/mol. The Morgan fingerprint density at radius 1 is 0.984 bits per heavy atom. The minimum Gasteiger partial charge on any atom is -0.481 e. The number of rotatable bonds is 24. The number of nitrogens with zero attached hydrogens (tertiary/aromatic N) is 4. The summed E-state index contributed by atoms with van der Waals surface area (Å²) in [4.78, 5) is 100. The van der Waals surface area contributed by atoms with Gasteiger partial charge in [0.05, 0.1) is 38.0 Å². The van der Waals surface area contributed by atoms with Crippen LogP contribution in [0, 0.1) is 11.3 Å². The molecule has 0 radical (unpaired) electrons. The number of phosphoric ester groups is 3. The summed E-state index contributed by atoms with van der Waals surface area (Å²) < 4.78 is 62.2. The molecule has 1 fully saturated rings. The number of carbonyl (C=O) groups is 4. The van der Waals surface area contributed by atoms with Gasteiger partial charge in [0.2, 0.25) is 11.8 Å². The van der Waals surface area contributed by atoms with E-state index in [0.29, 0.717) is 5.56 Å². The van der Waals surface area contributed by atoms with Crippen LogP contribution in [0.4, 0.5) is 5.82 Å². The number of hydrogen-bond acceptors (Lipinski definition) is 20. The molecule has 9 atom stereocenters. The topological polar surface area (TPSA) is 421 Å². The number of nitrogens with one attached hydrogen (secondary N) is 2. The highest BCUT2D eigenvalue weighted by Crippen LogP contribution is 2.61. The van der Waals surface area contributed by atoms with E-state index >= 15 is 0 Å². The molecule has 63 heavy (non-hydrogen) atoms. The van der Waals surface area contributed by atoms with Gasteiger partial charge in [-0.25, -0.2) is 28.6 Å². The van der Waals surface area contributed by atoms with Crippen LogP contribution in [0.3, 0.4) is 0 Å². The lowest BCUT2D eigenvalue weighted by molar-refractivity contribution is -0.141. The molecule has 3 heterocycles. The summed E-state index contributed by atoms with van der Waals surface area (Å²) in [5.74, 6) is -4.18. The molecule has 1 saturated heterocycles. The first-order chi connectivity index (χ1) is 29.3. The van der Waals surface area contributed by atoms with Crippen molar-refractivity contribution >= 4 is 75.1 Å². The number of phosphoric acid groups is 3. The standard InChI is InChI=1S/C32H46N7O20P3S/c1-32(2,26(45)29(46)35-9-8-20(40)34-10-11-63-31(47)18(12-21(41)42)23(43)17-6-4-3-5-7-17)14-56-62(53,54)59-61(51,52)55-13-19-25(58-60(48,49)50)24(44)30(57-19)39-16-38-22-27(33)36-15-37-28(22)39/h3-7,15-16,18-19,23-26,30,43-45H,8-14H2,1-2H3,(H,34,40)(H,35,46)(H,41,42)(H,51,52)(H,53,54)(H2,33,36,37)(H2,48,49,50)/t18-,19-,23+,24-,25-,26+,30-/m1/s1. The van der Waals surface area contributed by atoms with Crippen LogP contribution < -0.4 is 16.4 Å². The normalized spacial score (nSPS) is 21.5. The number of nitrogens with two attached hydrogens (primary N) is 1. The first-order valence-electron chi connectivity index (χ1n) is 18.3. The van der Waals surface area contributed by atoms with Crippen molar-refractivity contribution in [2.24, 2.45) is 11.3 Å². The van der Waals surface area contributed by atoms with Crippen molar-refractivity contribution in [1.29, 1.82) is 0 Å². The molecule has 2 unspecified atom stereocenters. The molecular formula is C32H46N7O20P3S. The molecule has 0 spiro atoms. The van der Waals surface area contributed by atoms with E-state index in [9.17, 15) is 72.9 Å². The van der Waals surface area contributed by atoms with Gasteiger partial charge in [-0.1, -0.05) is 55.9 Å². The summed E-state index contributed by atoms with van der Waals surface area (Å²) in [5, 5.41) is 45.6. The maximum absolute atomic E-state index is 12.7. The Hall–Kier alpha value is -3.79. The third-order valence-electron chi connectivity index (χ3n) is 8.97. The number of aliphatic hydroxyl groups is 3. The van der Waals surface area contributed by atoms with E-state index in [4.69, 9.17) is 19.5 Å². The van der Waals surface area contributed by atoms with Crippen molar-refractivity contribution in [2.45, 2.75) is 63.4 Å². The van der Waals surface area contributed by atoms with Crippen molar-refractivity contribution < 1.29 is 95.5 Å². The summed E-state index contributed by atoms with van der Waals surface area (Å²) in [6, 6.07) is 8.05. The number of aromatic nitrogens is 4. The molecule has 27 nitrogen and oxygen atoms in total. The van der Waals surface area contributed by atoms with Crippen LogP contribution in [-0.2, 0) is 55.5 Å². The highest BCUT2D eigenvalue weighted by molar-refractivity contribution is 8.13. The van der Waals surface area contributed by atoms with Crippen molar-refractivity contribution in [3.63, 3.8) is 0 Å². The number of nitrogen functional groups attached to an aromatic ring is 1. The molecule has 31 heteroatoms. The fraction of sp³-hybridized carbons (Fsp3) is 0.531. The van der Waals surface area contributed by atoms with Gasteiger partial charge in [0.1, 0.15) is 36.3 Å². The maximum atomic E-state index is 12.7. The van der Waals surface area contributed by atoms with Gasteiger partial charge >= 0.3 is 29.4 Å². The zero-order chi connectivity index (χ0) is 46.9. The molecule has 12 N–H and O–H groups in total. The minimum atomic E-state index is -5.61. The zero-order valence-corrected chi connectivity index (χ0v) is 36.6. The number of aliphatic hydroxyl groups excluding tert-OH is 3. The molecule has 0 bridgehead atoms. The van der Waals surface area contributed by atoms with E-state index in [0.717, 1.165) is 29.0 Å². The summed E-state index contributed by atoms with van der Waals surface area (Å²) >= 11 is 0.720. The summed E-state index contributed by atoms with van der Waals surface area (Å²) in [7, 11) is -16.5. The fourth-order valence-corrected chi connectivity index (χ4v) is 9.44. The van der Waals surface area contributed by atoms with E-state index in [1.165, 1.54) is 13.8 Å². The van der Waals surface area contributed by atoms with E-state index in [1.54, 1.807) is 30.3 Å². The Bertz CT molecular complexity index is 2230. The Kier molecular flexibility index (Phi) is 18.0. The SMILES string of the molecule is CC(C)(COP(=O)(O)OP(=O)(O)OC[C@H]1O[C@@H](n2cnc3c(N)ncnc32)[C@H](O)[C@@H]1OP(=O)(O)O)[C@@H](O)C(=O)NCCC(=O)NCCSC(=O)[C@H](CC(=O)O)[C@@H](O)c1ccccc1. The number of thioether (sulfide) groups is 1. The van der Waals surface area contributed by atoms with E-state index < -0.39 is 114 Å². The summed E-state index contributed by atoms with van der Waals surface area (Å²) in [6.45, 7) is -0.0131. The van der Waals surface area contributed by atoms with Gasteiger partial charge in [0, 0.05) is 30.7 Å². The molecule has 2 amide bonds. The van der Waals surface area contributed by atoms with Gasteiger partial charge in [-0.3, -0.25) is 37.3 Å². The first-order valence-corrected chi connectivity index (χ1v) is 23.8. The van der Waals surface area contributed by atoms with Crippen LogP contribution in [0.2, 0.25) is 0 Å². The predicted octanol–water partition coefficient (Wildman–Crippen LogP) is -0.511. The van der Waals surface area contributed by atoms with Gasteiger partial charge in [0.25, 0.3) is 0 Å². The smallest absolute Gasteiger partial charge is 0.481 e. The van der Waals surface area contributed by atoms with Crippen molar-refractivity contribution in [3.8, 4) is 0 Å². The Balaban J connectivity index is 1.21. The highest BCUT2D eigenvalue weighted by Gasteiger charge is 2.50. The quantitative estimate of drug-likeness (QED) is 0.0398. The number of imidazole rings is 1. The lowest BCUT2D eigenvalue weighted by atomic mass is 9.87. The number of carboxylic acids is 1. The average Bonchev–Trinajstić information content (AvgIpc) is 3.76. The molecular weight excluding hydrogens is 927 g/mol. The number of amides is 2. The van der Waals surface area contributed by atoms with Crippen molar-refractivity contribution in [1.82, 2.24) is 30.2 Å². The molecule has 2 aromatic heterocycles. The monoisotopic (exact) mass is 973 g/mol. The molecule has 1 aliphatic rings. The molecule has 3 aromatic rings. The first kappa shape index (κ1) is 51.8. The molecule has 0 saturated carbocycles. The Morgan fingerprint density at radius 2 is 1.65 bits per heavy atom. The van der Waals surface area contributed by atoms with Crippen LogP contribution in [0.15, 0.2) is 43.0 Å². The van der Waals surface area contributed by atoms with Crippen LogP contribution in [0.1, 0.15) is 44.6 Å². The van der Waals surface area contributed by atoms with Crippen LogP contribution in [0.25, 0.3) is 11.2 Å². The second kappa shape index (κ2) is 21.9. The number of carbonyl (C=O) groups excluding carboxylic acids is 3. The fourth-order valence-electron chi connectivity index (χ4n) is 5.78. The van der Waals surface area contributed by atoms with Gasteiger partial charge in [-0.15, -0.1) is 0 Å². The van der Waals surface area contributed by atoms with Gasteiger partial charge < -0.3 is 61.1 Å². The number of carboxylic acid groups (broad SMARTS) is 1. The number of ether oxygens (including phenoxy) is 1. The van der Waals surface area contributed by atoms with Crippen molar-refractivity contribution in [3.05, 3.63) is 48.5 Å². The molecule has 0 aliphatic carbocycles. The number of hydrogen-bond donors (Lipinski definition) is 11. The number of benzene rings is 1. The summed E-state index contributed by atoms with van der Waals surface area (Å²) in [5.41, 5.74) is 4.53. The molecule has 4 rings (SSSR count). The van der Waals surface area contributed by atoms with E-state index in [2.05, 4.69) is 34.4 Å². The van der Waals surface area contributed by atoms with Crippen LogP contribution >= 0.6 is 35.2 Å². The lowest BCUT2D eigenvalue weighted by Crippen LogP contribution is -2.46. The molecule has 1 aliphatic heterocycles. The number of fused-ring (bicyclic) bond motifs is 1. The van der Waals surface area contributed by atoms with E-state index in [-0.39, 0.29) is 42.2 Å². The van der Waals surface area contributed by atoms with E-state index in [1.807, 2.05) is 0 Å². The molecule has 350 valence electrons. The van der Waals surface area contributed by atoms with Gasteiger partial charge in [-0.05, 0) is 5.56 Å². The maximum Gasteiger partial charge on any atom is 0.481 e. The largest absolute Gasteiger partial charge is 0.481 e. The second-order valence-corrected chi connectivity index (χ2v) is 19.6. The third kappa shape index (κ3) is 15.1. The lowest BCUT2D eigenvalue weighted by Gasteiger charge is -2.30. The second-order valence-electron chi connectivity index (χ2n) is 14.3. The molecule has 1 aromatic carbocycles. The Labute approximate surface area is 361 Å². The minimum absolute atomic E-state index is 0.0125. The highest BCUT2D eigenvalue weighted by atomic mass is 32.2. The number of aliphatic carboxylic acids is 1. The van der Waals surface area contributed by atoms with Crippen LogP contribution in [0.5, 0.6) is 0 Å². The number of anilines is 1. The third-order valence-corrected chi connectivity index (χ3v) is 13.1. The van der Waals surface area contributed by atoms with Crippen LogP contribution in [-0.4, -0.2) is 139 Å². The zero-order valence-electron chi connectivity index (χ0n) is 33.1. The van der Waals surface area contributed by atoms with Gasteiger partial charge in [0.15, 0.2) is 22.8 Å². The Morgan fingerprint density at radius 3 is 2.30 bits per heavy atom.